The lowest BCUT2D eigenvalue weighted by molar-refractivity contribution is -0.116. The summed E-state index contributed by atoms with van der Waals surface area (Å²) in [6.45, 7) is 6.43. The van der Waals surface area contributed by atoms with Gasteiger partial charge in [-0.3, -0.25) is 9.59 Å². The minimum absolute atomic E-state index is 0.00561. The molecule has 0 saturated carbocycles. The summed E-state index contributed by atoms with van der Waals surface area (Å²) in [4.78, 5) is 26.6. The van der Waals surface area contributed by atoms with Crippen molar-refractivity contribution in [2.24, 2.45) is 11.3 Å². The molecule has 1 atom stereocenters. The maximum Gasteiger partial charge on any atom is 0.189 e. The Hall–Kier alpha value is -4.06. The van der Waals surface area contributed by atoms with Crippen LogP contribution in [-0.4, -0.2) is 36.0 Å². The molecule has 0 aliphatic heterocycles. The zero-order chi connectivity index (χ0) is 27.2. The van der Waals surface area contributed by atoms with Crippen molar-refractivity contribution in [2.45, 2.75) is 33.6 Å². The molecule has 0 aromatic heterocycles. The topological polar surface area (TPSA) is 93.1 Å². The third-order valence-corrected chi connectivity index (χ3v) is 6.70. The second kappa shape index (κ2) is 11.8. The van der Waals surface area contributed by atoms with Crippen molar-refractivity contribution < 1.29 is 29.3 Å². The van der Waals surface area contributed by atoms with Gasteiger partial charge in [-0.25, -0.2) is 0 Å². The quantitative estimate of drug-likeness (QED) is 0.181. The Bertz CT molecular complexity index is 1290. The number of rotatable bonds is 9. The highest BCUT2D eigenvalue weighted by atomic mass is 16.5. The molecule has 3 rings (SSSR count). The van der Waals surface area contributed by atoms with Crippen LogP contribution in [-0.2, 0) is 9.59 Å². The summed E-state index contributed by atoms with van der Waals surface area (Å²) >= 11 is 0. The number of hydrogen-bond donors (Lipinski definition) is 2. The zero-order valence-electron chi connectivity index (χ0n) is 21.9. The lowest BCUT2D eigenvalue weighted by Gasteiger charge is -2.36. The second-order valence-electron chi connectivity index (χ2n) is 9.79. The Labute approximate surface area is 218 Å². The number of methoxy groups -OCH3 is 2. The van der Waals surface area contributed by atoms with Gasteiger partial charge >= 0.3 is 0 Å². The SMILES string of the molecule is COc1cc(C=CC(=O)C(=Cc2ccc(O)c(OC)c2)C(=O)C=CC2C(C)=CCCC2(C)C)ccc1O. The summed E-state index contributed by atoms with van der Waals surface area (Å²) in [6.07, 6.45) is 12.0. The van der Waals surface area contributed by atoms with E-state index in [-0.39, 0.29) is 39.9 Å². The van der Waals surface area contributed by atoms with E-state index in [2.05, 4.69) is 26.8 Å². The van der Waals surface area contributed by atoms with Crippen LogP contribution >= 0.6 is 0 Å². The molecule has 0 radical (unpaired) electrons. The first kappa shape index (κ1) is 27.5. The molecule has 6 nitrogen and oxygen atoms in total. The van der Waals surface area contributed by atoms with Gasteiger partial charge in [-0.05, 0) is 78.8 Å². The van der Waals surface area contributed by atoms with E-state index < -0.39 is 11.6 Å². The summed E-state index contributed by atoms with van der Waals surface area (Å²) in [5.41, 5.74) is 2.35. The zero-order valence-corrected chi connectivity index (χ0v) is 21.9. The van der Waals surface area contributed by atoms with Gasteiger partial charge in [0.05, 0.1) is 19.8 Å². The van der Waals surface area contributed by atoms with Crippen molar-refractivity contribution in [3.05, 3.63) is 83.0 Å². The fourth-order valence-corrected chi connectivity index (χ4v) is 4.53. The third-order valence-electron chi connectivity index (χ3n) is 6.70. The van der Waals surface area contributed by atoms with E-state index in [1.165, 1.54) is 50.2 Å². The van der Waals surface area contributed by atoms with Crippen LogP contribution < -0.4 is 9.47 Å². The van der Waals surface area contributed by atoms with Crippen LogP contribution in [0, 0.1) is 11.3 Å². The molecule has 0 heterocycles. The van der Waals surface area contributed by atoms with Crippen LogP contribution in [0.4, 0.5) is 0 Å². The number of phenolic OH excluding ortho intramolecular Hbond substituents is 2. The minimum atomic E-state index is -0.482. The molecule has 0 fully saturated rings. The van der Waals surface area contributed by atoms with Gasteiger partial charge in [-0.2, -0.15) is 0 Å². The Morgan fingerprint density at radius 1 is 0.919 bits per heavy atom. The monoisotopic (exact) mass is 502 g/mol. The molecule has 2 N–H and O–H groups in total. The van der Waals surface area contributed by atoms with Gasteiger partial charge in [-0.15, -0.1) is 0 Å². The highest BCUT2D eigenvalue weighted by Crippen LogP contribution is 2.41. The highest BCUT2D eigenvalue weighted by Gasteiger charge is 2.31. The van der Waals surface area contributed by atoms with E-state index in [9.17, 15) is 19.8 Å². The van der Waals surface area contributed by atoms with Crippen LogP contribution in [0.3, 0.4) is 0 Å². The van der Waals surface area contributed by atoms with Crippen molar-refractivity contribution in [1.29, 1.82) is 0 Å². The number of allylic oxidation sites excluding steroid dienone is 6. The molecule has 0 amide bonds. The maximum absolute atomic E-state index is 13.4. The first-order valence-corrected chi connectivity index (χ1v) is 12.1. The fraction of sp³-hybridized carbons (Fsp3) is 0.290. The summed E-state index contributed by atoms with van der Waals surface area (Å²) in [6, 6.07) is 9.31. The molecule has 1 unspecified atom stereocenters. The van der Waals surface area contributed by atoms with Crippen LogP contribution in [0.1, 0.15) is 44.7 Å². The van der Waals surface area contributed by atoms with Gasteiger partial charge in [0, 0.05) is 5.92 Å². The van der Waals surface area contributed by atoms with Gasteiger partial charge in [0.15, 0.2) is 34.6 Å². The van der Waals surface area contributed by atoms with Gasteiger partial charge < -0.3 is 19.7 Å². The number of hydrogen-bond acceptors (Lipinski definition) is 6. The lowest BCUT2D eigenvalue weighted by Crippen LogP contribution is -2.26. The number of ether oxygens (including phenoxy) is 2. The molecular formula is C31H34O6. The predicted octanol–water partition coefficient (Wildman–Crippen LogP) is 6.29. The molecule has 1 aliphatic rings. The first-order chi connectivity index (χ1) is 17.6. The third kappa shape index (κ3) is 6.79. The number of ketones is 2. The Morgan fingerprint density at radius 2 is 1.49 bits per heavy atom. The molecule has 194 valence electrons. The van der Waals surface area contributed by atoms with E-state index in [0.29, 0.717) is 11.1 Å². The van der Waals surface area contributed by atoms with Gasteiger partial charge in [-0.1, -0.05) is 49.8 Å². The second-order valence-corrected chi connectivity index (χ2v) is 9.79. The van der Waals surface area contributed by atoms with Crippen LogP contribution in [0.5, 0.6) is 23.0 Å². The summed E-state index contributed by atoms with van der Waals surface area (Å²) in [5.74, 6) is -0.345. The van der Waals surface area contributed by atoms with Crippen molar-refractivity contribution in [3.8, 4) is 23.0 Å². The lowest BCUT2D eigenvalue weighted by atomic mass is 9.68. The van der Waals surface area contributed by atoms with Crippen LogP contribution in [0.15, 0.2) is 71.8 Å². The maximum atomic E-state index is 13.4. The van der Waals surface area contributed by atoms with Crippen LogP contribution in [0.2, 0.25) is 0 Å². The summed E-state index contributed by atoms with van der Waals surface area (Å²) in [7, 11) is 2.87. The molecular weight excluding hydrogens is 468 g/mol. The Balaban J connectivity index is 1.97. The van der Waals surface area contributed by atoms with Crippen molar-refractivity contribution in [1.82, 2.24) is 0 Å². The van der Waals surface area contributed by atoms with E-state index in [1.54, 1.807) is 30.3 Å². The van der Waals surface area contributed by atoms with E-state index in [0.717, 1.165) is 12.8 Å². The largest absolute Gasteiger partial charge is 0.504 e. The van der Waals surface area contributed by atoms with Crippen molar-refractivity contribution >= 4 is 23.7 Å². The standard InChI is InChI=1S/C31H34O6/c1-20-7-6-16-31(2,3)24(20)11-15-26(33)23(17-22-10-14-28(35)30(19-22)37-5)25(32)12-8-21-9-13-27(34)29(18-21)36-4/h7-15,17-19,24,34-35H,6,16H2,1-5H3. The Morgan fingerprint density at radius 3 is 2.08 bits per heavy atom. The predicted molar refractivity (Wildman–Crippen MR) is 146 cm³/mol. The molecule has 0 spiro atoms. The number of benzene rings is 2. The molecule has 37 heavy (non-hydrogen) atoms. The molecule has 2 aromatic rings. The number of carbonyl (C=O) groups is 2. The summed E-state index contributed by atoms with van der Waals surface area (Å²) in [5, 5.41) is 19.7. The van der Waals surface area contributed by atoms with E-state index in [1.807, 2.05) is 6.08 Å². The minimum Gasteiger partial charge on any atom is -0.504 e. The van der Waals surface area contributed by atoms with Crippen LogP contribution in [0.25, 0.3) is 12.2 Å². The average molecular weight is 503 g/mol. The van der Waals surface area contributed by atoms with Crippen molar-refractivity contribution in [3.63, 3.8) is 0 Å². The van der Waals surface area contributed by atoms with Crippen molar-refractivity contribution in [2.75, 3.05) is 14.2 Å². The first-order valence-electron chi connectivity index (χ1n) is 12.1. The molecule has 2 aromatic carbocycles. The number of phenols is 2. The molecule has 6 heteroatoms. The van der Waals surface area contributed by atoms with E-state index in [4.69, 9.17) is 9.47 Å². The Kier molecular flexibility index (Phi) is 8.77. The van der Waals surface area contributed by atoms with Gasteiger partial charge in [0.2, 0.25) is 0 Å². The normalized spacial score (nSPS) is 17.6. The number of carbonyl (C=O) groups excluding carboxylic acids is 2. The smallest absolute Gasteiger partial charge is 0.189 e. The molecule has 1 aliphatic carbocycles. The number of aromatic hydroxyl groups is 2. The van der Waals surface area contributed by atoms with Gasteiger partial charge in [0.25, 0.3) is 0 Å². The fourth-order valence-electron chi connectivity index (χ4n) is 4.53. The highest BCUT2D eigenvalue weighted by molar-refractivity contribution is 6.30. The summed E-state index contributed by atoms with van der Waals surface area (Å²) < 4.78 is 10.3. The molecule has 0 saturated heterocycles. The average Bonchev–Trinajstić information content (AvgIpc) is 2.86. The van der Waals surface area contributed by atoms with E-state index >= 15 is 0 Å². The molecule has 0 bridgehead atoms. The van der Waals surface area contributed by atoms with Gasteiger partial charge in [0.1, 0.15) is 0 Å².